The molecular weight excluding hydrogens is 234 g/mol. The van der Waals surface area contributed by atoms with Crippen LogP contribution in [0.4, 0.5) is 0 Å². The minimum atomic E-state index is 0.940. The van der Waals surface area contributed by atoms with Crippen LogP contribution in [0.25, 0.3) is 0 Å². The lowest BCUT2D eigenvalue weighted by Gasteiger charge is -2.30. The molecule has 0 spiro atoms. The number of hydrogen-bond acceptors (Lipinski definition) is 2. The largest absolute Gasteiger partial charge is 0.302 e. The lowest BCUT2D eigenvalue weighted by atomic mass is 9.99. The normalized spacial score (nSPS) is 21.5. The number of alkyl halides is 1. The Bertz CT molecular complexity index is 113. The zero-order chi connectivity index (χ0) is 8.81. The Labute approximate surface area is 88.4 Å². The van der Waals surface area contributed by atoms with Gasteiger partial charge in [0, 0.05) is 17.6 Å². The van der Waals surface area contributed by atoms with Gasteiger partial charge in [0.05, 0.1) is 0 Å². The van der Waals surface area contributed by atoms with Crippen LogP contribution >= 0.6 is 27.7 Å². The fourth-order valence-corrected chi connectivity index (χ4v) is 2.67. The van der Waals surface area contributed by atoms with Crippen LogP contribution in [0.15, 0.2) is 0 Å². The molecule has 1 heterocycles. The standard InChI is InChI=1S/C9H18BrNS/c1-12-7-6-11-4-2-9(8-10)3-5-11/h9H,2-8H2,1H3. The fraction of sp³-hybridized carbons (Fsp3) is 1.00. The lowest BCUT2D eigenvalue weighted by Crippen LogP contribution is -2.35. The van der Waals surface area contributed by atoms with Gasteiger partial charge >= 0.3 is 0 Å². The van der Waals surface area contributed by atoms with E-state index in [-0.39, 0.29) is 0 Å². The Morgan fingerprint density at radius 2 is 2.08 bits per heavy atom. The van der Waals surface area contributed by atoms with Gasteiger partial charge in [-0.05, 0) is 38.1 Å². The van der Waals surface area contributed by atoms with Crippen LogP contribution in [-0.4, -0.2) is 41.9 Å². The molecule has 0 aromatic rings. The number of likely N-dealkylation sites (tertiary alicyclic amines) is 1. The van der Waals surface area contributed by atoms with Crippen molar-refractivity contribution >= 4 is 27.7 Å². The highest BCUT2D eigenvalue weighted by Gasteiger charge is 2.17. The number of halogens is 1. The van der Waals surface area contributed by atoms with Gasteiger partial charge in [0.15, 0.2) is 0 Å². The molecule has 0 amide bonds. The van der Waals surface area contributed by atoms with Gasteiger partial charge in [-0.3, -0.25) is 0 Å². The number of nitrogens with zero attached hydrogens (tertiary/aromatic N) is 1. The summed E-state index contributed by atoms with van der Waals surface area (Å²) in [6, 6.07) is 0. The molecule has 3 heteroatoms. The molecule has 1 fully saturated rings. The number of piperidine rings is 1. The molecule has 0 saturated carbocycles. The van der Waals surface area contributed by atoms with E-state index >= 15 is 0 Å². The molecule has 1 rings (SSSR count). The van der Waals surface area contributed by atoms with Gasteiger partial charge in [0.2, 0.25) is 0 Å². The highest BCUT2D eigenvalue weighted by molar-refractivity contribution is 9.09. The monoisotopic (exact) mass is 251 g/mol. The van der Waals surface area contributed by atoms with E-state index in [4.69, 9.17) is 0 Å². The van der Waals surface area contributed by atoms with Crippen molar-refractivity contribution in [2.45, 2.75) is 12.8 Å². The molecule has 0 radical (unpaired) electrons. The highest BCUT2D eigenvalue weighted by atomic mass is 79.9. The summed E-state index contributed by atoms with van der Waals surface area (Å²) >= 11 is 5.51. The SMILES string of the molecule is CSCCN1CCC(CBr)CC1. The second-order valence-electron chi connectivity index (χ2n) is 3.43. The van der Waals surface area contributed by atoms with E-state index in [9.17, 15) is 0 Å². The molecule has 72 valence electrons. The van der Waals surface area contributed by atoms with E-state index in [1.54, 1.807) is 0 Å². The van der Waals surface area contributed by atoms with Gasteiger partial charge in [-0.25, -0.2) is 0 Å². The number of hydrogen-bond donors (Lipinski definition) is 0. The van der Waals surface area contributed by atoms with Crippen LogP contribution in [0.3, 0.4) is 0 Å². The summed E-state index contributed by atoms with van der Waals surface area (Å²) in [4.78, 5) is 2.59. The van der Waals surface area contributed by atoms with Gasteiger partial charge in [-0.15, -0.1) is 0 Å². The Morgan fingerprint density at radius 3 is 2.58 bits per heavy atom. The average Bonchev–Trinajstić information content (AvgIpc) is 2.15. The van der Waals surface area contributed by atoms with Crippen molar-refractivity contribution in [2.24, 2.45) is 5.92 Å². The molecule has 0 N–H and O–H groups in total. The molecule has 0 aromatic carbocycles. The van der Waals surface area contributed by atoms with Crippen LogP contribution in [0, 0.1) is 5.92 Å². The van der Waals surface area contributed by atoms with E-state index in [2.05, 4.69) is 27.1 Å². The molecule has 0 bridgehead atoms. The minimum Gasteiger partial charge on any atom is -0.302 e. The van der Waals surface area contributed by atoms with Crippen LogP contribution in [0.1, 0.15) is 12.8 Å². The summed E-state index contributed by atoms with van der Waals surface area (Å²) in [6.45, 7) is 3.92. The van der Waals surface area contributed by atoms with Gasteiger partial charge < -0.3 is 4.90 Å². The van der Waals surface area contributed by atoms with E-state index in [1.165, 1.54) is 43.6 Å². The molecule has 12 heavy (non-hydrogen) atoms. The molecule has 1 saturated heterocycles. The number of rotatable bonds is 4. The van der Waals surface area contributed by atoms with Crippen molar-refractivity contribution < 1.29 is 0 Å². The van der Waals surface area contributed by atoms with Crippen molar-refractivity contribution in [1.82, 2.24) is 4.90 Å². The lowest BCUT2D eigenvalue weighted by molar-refractivity contribution is 0.205. The van der Waals surface area contributed by atoms with Crippen LogP contribution in [0.2, 0.25) is 0 Å². The Kier molecular flexibility index (Phi) is 5.68. The third-order valence-corrected chi connectivity index (χ3v) is 4.04. The van der Waals surface area contributed by atoms with Crippen molar-refractivity contribution in [3.8, 4) is 0 Å². The summed E-state index contributed by atoms with van der Waals surface area (Å²) in [7, 11) is 0. The maximum Gasteiger partial charge on any atom is 0.00722 e. The van der Waals surface area contributed by atoms with Crippen LogP contribution < -0.4 is 0 Å². The first-order chi connectivity index (χ1) is 5.86. The first-order valence-corrected chi connectivity index (χ1v) is 7.15. The zero-order valence-corrected chi connectivity index (χ0v) is 10.2. The maximum atomic E-state index is 3.56. The summed E-state index contributed by atoms with van der Waals surface area (Å²) in [6.07, 6.45) is 4.96. The van der Waals surface area contributed by atoms with Gasteiger partial charge in [-0.2, -0.15) is 11.8 Å². The topological polar surface area (TPSA) is 3.24 Å². The van der Waals surface area contributed by atoms with E-state index in [0.29, 0.717) is 0 Å². The molecular formula is C9H18BrNS. The average molecular weight is 252 g/mol. The van der Waals surface area contributed by atoms with Crippen molar-refractivity contribution in [3.05, 3.63) is 0 Å². The predicted octanol–water partition coefficient (Wildman–Crippen LogP) is 2.46. The third-order valence-electron chi connectivity index (χ3n) is 2.54. The van der Waals surface area contributed by atoms with Crippen molar-refractivity contribution in [1.29, 1.82) is 0 Å². The van der Waals surface area contributed by atoms with Crippen LogP contribution in [0.5, 0.6) is 0 Å². The molecule has 1 aliphatic heterocycles. The quantitative estimate of drug-likeness (QED) is 0.707. The molecule has 0 unspecified atom stereocenters. The van der Waals surface area contributed by atoms with Crippen LogP contribution in [-0.2, 0) is 0 Å². The second-order valence-corrected chi connectivity index (χ2v) is 5.07. The predicted molar refractivity (Wildman–Crippen MR) is 61.3 cm³/mol. The number of thioether (sulfide) groups is 1. The molecule has 1 nitrogen and oxygen atoms in total. The maximum absolute atomic E-state index is 3.56. The Morgan fingerprint density at radius 1 is 1.42 bits per heavy atom. The van der Waals surface area contributed by atoms with E-state index in [1.807, 2.05) is 11.8 Å². The fourth-order valence-electron chi connectivity index (χ4n) is 1.58. The Balaban J connectivity index is 2.09. The first kappa shape index (κ1) is 10.9. The third kappa shape index (κ3) is 3.67. The van der Waals surface area contributed by atoms with E-state index in [0.717, 1.165) is 5.92 Å². The van der Waals surface area contributed by atoms with Gasteiger partial charge in [-0.1, -0.05) is 15.9 Å². The molecule has 0 atom stereocenters. The van der Waals surface area contributed by atoms with E-state index < -0.39 is 0 Å². The smallest absolute Gasteiger partial charge is 0.00722 e. The minimum absolute atomic E-state index is 0.940. The molecule has 0 aliphatic carbocycles. The second kappa shape index (κ2) is 6.28. The van der Waals surface area contributed by atoms with Crippen molar-refractivity contribution in [2.75, 3.05) is 37.0 Å². The highest BCUT2D eigenvalue weighted by Crippen LogP contribution is 2.18. The summed E-state index contributed by atoms with van der Waals surface area (Å²) in [5, 5.41) is 1.20. The van der Waals surface area contributed by atoms with Gasteiger partial charge in [0.25, 0.3) is 0 Å². The van der Waals surface area contributed by atoms with Crippen molar-refractivity contribution in [3.63, 3.8) is 0 Å². The molecule has 1 aliphatic rings. The zero-order valence-electron chi connectivity index (χ0n) is 7.76. The Hall–Kier alpha value is 0.790. The summed E-state index contributed by atoms with van der Waals surface area (Å²) in [5.74, 6) is 2.23. The summed E-state index contributed by atoms with van der Waals surface area (Å²) in [5.41, 5.74) is 0. The first-order valence-electron chi connectivity index (χ1n) is 4.64. The van der Waals surface area contributed by atoms with Gasteiger partial charge in [0.1, 0.15) is 0 Å². The molecule has 0 aromatic heterocycles. The summed E-state index contributed by atoms with van der Waals surface area (Å²) < 4.78 is 0.